The van der Waals surface area contributed by atoms with Crippen LogP contribution in [-0.4, -0.2) is 46.2 Å². The molecule has 34 heavy (non-hydrogen) atoms. The molecule has 2 aliphatic carbocycles. The highest BCUT2D eigenvalue weighted by Gasteiger charge is 2.42. The number of methoxy groups -OCH3 is 1. The van der Waals surface area contributed by atoms with Crippen LogP contribution in [-0.2, 0) is 6.42 Å². The molecule has 2 aromatic rings. The molecule has 2 heterocycles. The van der Waals surface area contributed by atoms with E-state index in [1.54, 1.807) is 7.11 Å². The Hall–Kier alpha value is -2.83. The topological polar surface area (TPSA) is 76.5 Å². The number of rotatable bonds is 4. The van der Waals surface area contributed by atoms with Crippen molar-refractivity contribution in [3.63, 3.8) is 0 Å². The van der Waals surface area contributed by atoms with Crippen LogP contribution >= 0.6 is 0 Å². The van der Waals surface area contributed by atoms with Gasteiger partial charge in [-0.1, -0.05) is 33.1 Å². The molecule has 1 aliphatic heterocycles. The lowest BCUT2D eigenvalue weighted by molar-refractivity contribution is 0.0907. The third-order valence-corrected chi connectivity index (χ3v) is 7.65. The highest BCUT2D eigenvalue weighted by molar-refractivity contribution is 6.00. The number of amides is 2. The first kappa shape index (κ1) is 22.9. The smallest absolute Gasteiger partial charge is 0.318 e. The minimum absolute atomic E-state index is 0.00858. The minimum atomic E-state index is -0.165. The average molecular weight is 465 g/mol. The van der Waals surface area contributed by atoms with E-state index in [2.05, 4.69) is 19.2 Å². The second-order valence-corrected chi connectivity index (χ2v) is 10.9. The number of ether oxygens (including phenoxy) is 1. The molecule has 1 atom stereocenters. The van der Waals surface area contributed by atoms with Gasteiger partial charge in [-0.3, -0.25) is 4.79 Å². The quantitative estimate of drug-likeness (QED) is 0.673. The van der Waals surface area contributed by atoms with Crippen LogP contribution in [0, 0.1) is 5.41 Å². The first-order valence-electron chi connectivity index (χ1n) is 12.7. The first-order chi connectivity index (χ1) is 16.4. The van der Waals surface area contributed by atoms with Crippen LogP contribution in [0.2, 0.25) is 0 Å². The molecule has 1 saturated heterocycles. The number of benzene rings is 1. The second kappa shape index (κ2) is 9.08. The van der Waals surface area contributed by atoms with Crippen molar-refractivity contribution in [2.24, 2.45) is 5.41 Å². The summed E-state index contributed by atoms with van der Waals surface area (Å²) >= 11 is 0. The van der Waals surface area contributed by atoms with Crippen molar-refractivity contribution >= 4 is 11.8 Å². The largest absolute Gasteiger partial charge is 0.497 e. The molecule has 182 valence electrons. The average Bonchev–Trinajstić information content (AvgIpc) is 3.44. The number of nitrogens with zero attached hydrogens (tertiary/aromatic N) is 3. The van der Waals surface area contributed by atoms with Crippen molar-refractivity contribution in [1.29, 1.82) is 0 Å². The van der Waals surface area contributed by atoms with Crippen LogP contribution < -0.4 is 10.1 Å². The number of fused-ring (bicyclic) bond motifs is 1. The highest BCUT2D eigenvalue weighted by Crippen LogP contribution is 2.42. The van der Waals surface area contributed by atoms with Crippen LogP contribution in [0.5, 0.6) is 5.75 Å². The summed E-state index contributed by atoms with van der Waals surface area (Å²) in [7, 11) is 1.65. The van der Waals surface area contributed by atoms with Crippen molar-refractivity contribution in [3.05, 3.63) is 41.2 Å². The second-order valence-electron chi connectivity index (χ2n) is 10.9. The Morgan fingerprint density at radius 3 is 2.50 bits per heavy atom. The maximum absolute atomic E-state index is 13.4. The van der Waals surface area contributed by atoms with E-state index in [1.165, 1.54) is 19.3 Å². The van der Waals surface area contributed by atoms with Gasteiger partial charge in [0.25, 0.3) is 0 Å². The SMILES string of the molecule is COc1ccc(-n2nc([C@@H]3CCCN3C(=O)NC3CCCCC3)c3c2CC(C)(C)CC3=O)cc1. The van der Waals surface area contributed by atoms with Gasteiger partial charge >= 0.3 is 6.03 Å². The molecule has 0 radical (unpaired) electrons. The molecule has 0 spiro atoms. The number of carbonyl (C=O) groups is 2. The summed E-state index contributed by atoms with van der Waals surface area (Å²) in [5.41, 5.74) is 3.24. The summed E-state index contributed by atoms with van der Waals surface area (Å²) in [4.78, 5) is 28.6. The molecule has 7 heteroatoms. The minimum Gasteiger partial charge on any atom is -0.497 e. The van der Waals surface area contributed by atoms with Crippen molar-refractivity contribution in [2.75, 3.05) is 13.7 Å². The Kier molecular flexibility index (Phi) is 6.13. The molecular weight excluding hydrogens is 428 g/mol. The third kappa shape index (κ3) is 4.32. The van der Waals surface area contributed by atoms with Crippen LogP contribution in [0.25, 0.3) is 5.69 Å². The van der Waals surface area contributed by atoms with Crippen molar-refractivity contribution < 1.29 is 14.3 Å². The summed E-state index contributed by atoms with van der Waals surface area (Å²) < 4.78 is 7.25. The van der Waals surface area contributed by atoms with Gasteiger partial charge in [0.1, 0.15) is 5.75 Å². The molecule has 2 amide bonds. The number of Topliss-reactive ketones (excluding diaryl/α,β-unsaturated/α-hetero) is 1. The van der Waals surface area contributed by atoms with Gasteiger partial charge in [0, 0.05) is 19.0 Å². The number of ketones is 1. The Morgan fingerprint density at radius 2 is 1.79 bits per heavy atom. The first-order valence-corrected chi connectivity index (χ1v) is 12.7. The number of aromatic nitrogens is 2. The van der Waals surface area contributed by atoms with E-state index >= 15 is 0 Å². The maximum atomic E-state index is 13.4. The van der Waals surface area contributed by atoms with Crippen LogP contribution in [0.3, 0.4) is 0 Å². The van der Waals surface area contributed by atoms with Gasteiger partial charge in [0.2, 0.25) is 0 Å². The van der Waals surface area contributed by atoms with Gasteiger partial charge < -0.3 is 15.0 Å². The lowest BCUT2D eigenvalue weighted by Gasteiger charge is -2.31. The van der Waals surface area contributed by atoms with E-state index in [0.717, 1.165) is 60.5 Å². The van der Waals surface area contributed by atoms with E-state index in [-0.39, 0.29) is 29.3 Å². The fourth-order valence-corrected chi connectivity index (χ4v) is 5.95. The van der Waals surface area contributed by atoms with Gasteiger partial charge in [0.15, 0.2) is 5.78 Å². The zero-order valence-corrected chi connectivity index (χ0v) is 20.6. The van der Waals surface area contributed by atoms with E-state index < -0.39 is 0 Å². The number of hydrogen-bond acceptors (Lipinski definition) is 4. The predicted octanol–water partition coefficient (Wildman–Crippen LogP) is 5.22. The van der Waals surface area contributed by atoms with Crippen LogP contribution in [0.15, 0.2) is 24.3 Å². The summed E-state index contributed by atoms with van der Waals surface area (Å²) in [5, 5.41) is 8.30. The van der Waals surface area contributed by atoms with Crippen molar-refractivity contribution in [2.45, 2.75) is 83.7 Å². The summed E-state index contributed by atoms with van der Waals surface area (Å²) in [6.07, 6.45) is 8.76. The molecule has 3 aliphatic rings. The number of nitrogens with one attached hydrogen (secondary N) is 1. The fourth-order valence-electron chi connectivity index (χ4n) is 5.95. The van der Waals surface area contributed by atoms with Gasteiger partial charge in [-0.05, 0) is 61.8 Å². The lowest BCUT2D eigenvalue weighted by Crippen LogP contribution is -2.45. The molecule has 2 fully saturated rings. The maximum Gasteiger partial charge on any atom is 0.318 e. The van der Waals surface area contributed by atoms with Crippen molar-refractivity contribution in [3.8, 4) is 11.4 Å². The fraction of sp³-hybridized carbons (Fsp3) is 0.593. The number of likely N-dealkylation sites (tertiary alicyclic amines) is 1. The summed E-state index contributed by atoms with van der Waals surface area (Å²) in [6, 6.07) is 7.87. The van der Waals surface area contributed by atoms with Gasteiger partial charge in [-0.2, -0.15) is 5.10 Å². The Labute approximate surface area is 201 Å². The standard InChI is InChI=1S/C27H36N4O3/c1-27(2)16-22-24(23(32)17-27)25(29-31(22)19-11-13-20(34-3)14-12-19)21-10-7-15-30(21)26(33)28-18-8-5-4-6-9-18/h11-14,18,21H,4-10,15-17H2,1-3H3,(H,28,33)/t21-/m0/s1. The molecule has 7 nitrogen and oxygen atoms in total. The predicted molar refractivity (Wildman–Crippen MR) is 131 cm³/mol. The molecule has 0 unspecified atom stereocenters. The number of carbonyl (C=O) groups excluding carboxylic acids is 2. The summed E-state index contributed by atoms with van der Waals surface area (Å²) in [6.45, 7) is 4.98. The lowest BCUT2D eigenvalue weighted by atomic mass is 9.75. The van der Waals surface area contributed by atoms with Crippen molar-refractivity contribution in [1.82, 2.24) is 20.0 Å². The molecule has 1 aromatic carbocycles. The number of urea groups is 1. The molecular formula is C27H36N4O3. The van der Waals surface area contributed by atoms with Gasteiger partial charge in [-0.25, -0.2) is 9.48 Å². The van der Waals surface area contributed by atoms with E-state index in [1.807, 2.05) is 33.8 Å². The Balaban J connectivity index is 1.51. The van der Waals surface area contributed by atoms with Gasteiger partial charge in [0.05, 0.1) is 35.8 Å². The Bertz CT molecular complexity index is 1070. The monoisotopic (exact) mass is 464 g/mol. The van der Waals surface area contributed by atoms with E-state index in [0.29, 0.717) is 13.0 Å². The molecule has 1 N–H and O–H groups in total. The van der Waals surface area contributed by atoms with Crippen LogP contribution in [0.4, 0.5) is 4.79 Å². The number of hydrogen-bond donors (Lipinski definition) is 1. The zero-order chi connectivity index (χ0) is 23.9. The normalized spacial score (nSPS) is 22.5. The highest BCUT2D eigenvalue weighted by atomic mass is 16.5. The zero-order valence-electron chi connectivity index (χ0n) is 20.6. The van der Waals surface area contributed by atoms with E-state index in [4.69, 9.17) is 9.84 Å². The van der Waals surface area contributed by atoms with Crippen LogP contribution in [0.1, 0.15) is 93.0 Å². The summed E-state index contributed by atoms with van der Waals surface area (Å²) in [5.74, 6) is 0.920. The van der Waals surface area contributed by atoms with E-state index in [9.17, 15) is 9.59 Å². The molecule has 1 aromatic heterocycles. The molecule has 1 saturated carbocycles. The third-order valence-electron chi connectivity index (χ3n) is 7.65. The van der Waals surface area contributed by atoms with Gasteiger partial charge in [-0.15, -0.1) is 0 Å². The Morgan fingerprint density at radius 1 is 1.06 bits per heavy atom. The molecule has 5 rings (SSSR count). The molecule has 0 bridgehead atoms.